The molecule has 5 nitrogen and oxygen atoms in total. The Kier molecular flexibility index (Phi) is 3.64. The number of aromatic nitrogens is 2. The van der Waals surface area contributed by atoms with Crippen LogP contribution in [-0.2, 0) is 7.05 Å². The van der Waals surface area contributed by atoms with Crippen LogP contribution < -0.4 is 10.1 Å². The molecule has 3 rings (SSSR count). The number of nitrogens with zero attached hydrogens (tertiary/aromatic N) is 2. The van der Waals surface area contributed by atoms with E-state index in [2.05, 4.69) is 10.3 Å². The van der Waals surface area contributed by atoms with Gasteiger partial charge in [0.1, 0.15) is 11.4 Å². The standard InChI is InChI=1S/C16H19N3O2/c1-19-12-17-9-14(19)15(20)18-10-16(7-8-16)11-21-13-5-3-2-4-6-13/h2-6,9,12H,7-8,10-11H2,1H3,(H,18,20). The summed E-state index contributed by atoms with van der Waals surface area (Å²) >= 11 is 0. The first-order chi connectivity index (χ1) is 10.2. The predicted octanol–water partition coefficient (Wildman–Crippen LogP) is 2.01. The SMILES string of the molecule is Cn1cncc1C(=O)NCC1(COc2ccccc2)CC1. The lowest BCUT2D eigenvalue weighted by Crippen LogP contribution is -2.34. The van der Waals surface area contributed by atoms with E-state index in [1.54, 1.807) is 17.1 Å². The van der Waals surface area contributed by atoms with Crippen LogP contribution in [0.3, 0.4) is 0 Å². The van der Waals surface area contributed by atoms with Gasteiger partial charge in [-0.3, -0.25) is 4.79 Å². The molecule has 1 aliphatic rings. The minimum atomic E-state index is -0.0824. The summed E-state index contributed by atoms with van der Waals surface area (Å²) in [6.45, 7) is 1.28. The van der Waals surface area contributed by atoms with Crippen LogP contribution in [0, 0.1) is 5.41 Å². The van der Waals surface area contributed by atoms with Crippen LogP contribution in [0.15, 0.2) is 42.9 Å². The van der Waals surface area contributed by atoms with Gasteiger partial charge in [-0.2, -0.15) is 0 Å². The maximum Gasteiger partial charge on any atom is 0.269 e. The van der Waals surface area contributed by atoms with Gasteiger partial charge in [0.15, 0.2) is 0 Å². The second kappa shape index (κ2) is 5.60. The topological polar surface area (TPSA) is 56.2 Å². The van der Waals surface area contributed by atoms with Crippen molar-refractivity contribution >= 4 is 5.91 Å². The smallest absolute Gasteiger partial charge is 0.269 e. The van der Waals surface area contributed by atoms with Gasteiger partial charge in [-0.25, -0.2) is 4.98 Å². The highest BCUT2D eigenvalue weighted by Crippen LogP contribution is 2.45. The highest BCUT2D eigenvalue weighted by molar-refractivity contribution is 5.92. The van der Waals surface area contributed by atoms with Gasteiger partial charge in [-0.1, -0.05) is 18.2 Å². The summed E-state index contributed by atoms with van der Waals surface area (Å²) in [5, 5.41) is 2.99. The molecule has 1 aliphatic carbocycles. The van der Waals surface area contributed by atoms with E-state index in [9.17, 15) is 4.79 Å². The average molecular weight is 285 g/mol. The fourth-order valence-electron chi connectivity index (χ4n) is 2.24. The first kappa shape index (κ1) is 13.7. The molecule has 2 aromatic rings. The third kappa shape index (κ3) is 3.24. The molecule has 1 amide bonds. The number of nitrogens with one attached hydrogen (secondary N) is 1. The Morgan fingerprint density at radius 3 is 2.76 bits per heavy atom. The van der Waals surface area contributed by atoms with Gasteiger partial charge in [-0.05, 0) is 25.0 Å². The fraction of sp³-hybridized carbons (Fsp3) is 0.375. The molecule has 21 heavy (non-hydrogen) atoms. The third-order valence-electron chi connectivity index (χ3n) is 3.92. The van der Waals surface area contributed by atoms with E-state index < -0.39 is 0 Å². The second-order valence-corrected chi connectivity index (χ2v) is 5.67. The Morgan fingerprint density at radius 2 is 2.14 bits per heavy atom. The van der Waals surface area contributed by atoms with E-state index >= 15 is 0 Å². The van der Waals surface area contributed by atoms with Crippen LogP contribution in [0.4, 0.5) is 0 Å². The second-order valence-electron chi connectivity index (χ2n) is 5.67. The van der Waals surface area contributed by atoms with Crippen LogP contribution in [-0.4, -0.2) is 28.6 Å². The summed E-state index contributed by atoms with van der Waals surface area (Å²) in [5.41, 5.74) is 0.666. The van der Waals surface area contributed by atoms with E-state index in [0.29, 0.717) is 18.8 Å². The number of benzene rings is 1. The number of rotatable bonds is 6. The maximum absolute atomic E-state index is 12.1. The first-order valence-electron chi connectivity index (χ1n) is 7.11. The molecule has 1 aromatic carbocycles. The summed E-state index contributed by atoms with van der Waals surface area (Å²) < 4.78 is 7.53. The number of amides is 1. The largest absolute Gasteiger partial charge is 0.493 e. The number of hydrogen-bond donors (Lipinski definition) is 1. The third-order valence-corrected chi connectivity index (χ3v) is 3.92. The van der Waals surface area contributed by atoms with Crippen molar-refractivity contribution in [2.75, 3.05) is 13.2 Å². The van der Waals surface area contributed by atoms with Crippen molar-refractivity contribution in [2.45, 2.75) is 12.8 Å². The summed E-state index contributed by atoms with van der Waals surface area (Å²) in [6.07, 6.45) is 5.38. The summed E-state index contributed by atoms with van der Waals surface area (Å²) in [7, 11) is 1.81. The molecule has 0 spiro atoms. The Bertz CT molecular complexity index is 617. The molecule has 110 valence electrons. The number of carbonyl (C=O) groups is 1. The van der Waals surface area contributed by atoms with Gasteiger partial charge in [0.25, 0.3) is 5.91 Å². The maximum atomic E-state index is 12.1. The molecule has 1 N–H and O–H groups in total. The number of imidazole rings is 1. The molecular formula is C16H19N3O2. The van der Waals surface area contributed by atoms with Crippen LogP contribution in [0.1, 0.15) is 23.3 Å². The number of para-hydroxylation sites is 1. The van der Waals surface area contributed by atoms with E-state index in [1.807, 2.05) is 37.4 Å². The van der Waals surface area contributed by atoms with E-state index in [0.717, 1.165) is 18.6 Å². The molecule has 1 saturated carbocycles. The number of aryl methyl sites for hydroxylation is 1. The Hall–Kier alpha value is -2.30. The molecule has 0 unspecified atom stereocenters. The zero-order valence-corrected chi connectivity index (χ0v) is 12.1. The van der Waals surface area contributed by atoms with Crippen molar-refractivity contribution in [3.8, 4) is 5.75 Å². The average Bonchev–Trinajstić information content (AvgIpc) is 3.16. The molecule has 1 heterocycles. The molecule has 0 aliphatic heterocycles. The summed E-state index contributed by atoms with van der Waals surface area (Å²) in [5.74, 6) is 0.794. The zero-order valence-electron chi connectivity index (χ0n) is 12.1. The first-order valence-corrected chi connectivity index (χ1v) is 7.11. The van der Waals surface area contributed by atoms with Crippen LogP contribution in [0.25, 0.3) is 0 Å². The monoisotopic (exact) mass is 285 g/mol. The summed E-state index contributed by atoms with van der Waals surface area (Å²) in [4.78, 5) is 16.0. The van der Waals surface area contributed by atoms with Crippen LogP contribution in [0.5, 0.6) is 5.75 Å². The molecule has 1 fully saturated rings. The van der Waals surface area contributed by atoms with E-state index in [4.69, 9.17) is 4.74 Å². The lowest BCUT2D eigenvalue weighted by molar-refractivity contribution is 0.0929. The molecule has 0 atom stereocenters. The number of hydrogen-bond acceptors (Lipinski definition) is 3. The van der Waals surface area contributed by atoms with Gasteiger partial charge in [0.2, 0.25) is 0 Å². The van der Waals surface area contributed by atoms with Crippen LogP contribution >= 0.6 is 0 Å². The van der Waals surface area contributed by atoms with Crippen molar-refractivity contribution in [3.05, 3.63) is 48.5 Å². The highest BCUT2D eigenvalue weighted by Gasteiger charge is 2.43. The molecule has 0 bridgehead atoms. The van der Waals surface area contributed by atoms with Crippen molar-refractivity contribution in [1.82, 2.24) is 14.9 Å². The normalized spacial score (nSPS) is 15.5. The van der Waals surface area contributed by atoms with Gasteiger partial charge in [0.05, 0.1) is 19.1 Å². The summed E-state index contributed by atoms with van der Waals surface area (Å²) in [6, 6.07) is 9.78. The Morgan fingerprint density at radius 1 is 1.38 bits per heavy atom. The van der Waals surface area contributed by atoms with Gasteiger partial charge in [-0.15, -0.1) is 0 Å². The molecule has 1 aromatic heterocycles. The minimum Gasteiger partial charge on any atom is -0.493 e. The van der Waals surface area contributed by atoms with Gasteiger partial charge >= 0.3 is 0 Å². The van der Waals surface area contributed by atoms with Crippen molar-refractivity contribution in [3.63, 3.8) is 0 Å². The lowest BCUT2D eigenvalue weighted by atomic mass is 10.1. The quantitative estimate of drug-likeness (QED) is 0.883. The highest BCUT2D eigenvalue weighted by atomic mass is 16.5. The number of carbonyl (C=O) groups excluding carboxylic acids is 1. The van der Waals surface area contributed by atoms with E-state index in [-0.39, 0.29) is 11.3 Å². The molecular weight excluding hydrogens is 266 g/mol. The van der Waals surface area contributed by atoms with Crippen molar-refractivity contribution < 1.29 is 9.53 Å². The Labute approximate surface area is 124 Å². The Balaban J connectivity index is 1.51. The van der Waals surface area contributed by atoms with E-state index in [1.165, 1.54) is 0 Å². The van der Waals surface area contributed by atoms with Crippen molar-refractivity contribution in [2.24, 2.45) is 12.5 Å². The van der Waals surface area contributed by atoms with Crippen LogP contribution in [0.2, 0.25) is 0 Å². The zero-order chi connectivity index (χ0) is 14.7. The predicted molar refractivity (Wildman–Crippen MR) is 79.1 cm³/mol. The minimum absolute atomic E-state index is 0.0824. The van der Waals surface area contributed by atoms with Gasteiger partial charge < -0.3 is 14.6 Å². The molecule has 0 radical (unpaired) electrons. The van der Waals surface area contributed by atoms with Crippen molar-refractivity contribution in [1.29, 1.82) is 0 Å². The molecule has 0 saturated heterocycles. The fourth-order valence-corrected chi connectivity index (χ4v) is 2.24. The lowest BCUT2D eigenvalue weighted by Gasteiger charge is -2.17. The number of ether oxygens (including phenoxy) is 1. The molecule has 5 heteroatoms. The van der Waals surface area contributed by atoms with Gasteiger partial charge in [0, 0.05) is 19.0 Å².